The highest BCUT2D eigenvalue weighted by Crippen LogP contribution is 2.33. The van der Waals surface area contributed by atoms with Gasteiger partial charge in [0.25, 0.3) is 0 Å². The number of hydrogen-bond acceptors (Lipinski definition) is 5. The number of alkyl halides is 2. The number of benzene rings is 4. The summed E-state index contributed by atoms with van der Waals surface area (Å²) in [6, 6.07) is 33.5. The predicted molar refractivity (Wildman–Crippen MR) is 183 cm³/mol. The second-order valence-corrected chi connectivity index (χ2v) is 11.3. The molecule has 0 saturated heterocycles. The van der Waals surface area contributed by atoms with Crippen molar-refractivity contribution in [1.82, 2.24) is 14.5 Å². The normalized spacial score (nSPS) is 11.3. The van der Waals surface area contributed by atoms with Crippen LogP contribution >= 0.6 is 0 Å². The fourth-order valence-electron chi connectivity index (χ4n) is 5.71. The van der Waals surface area contributed by atoms with Crippen molar-refractivity contribution in [2.75, 3.05) is 13.2 Å². The van der Waals surface area contributed by atoms with E-state index >= 15 is 0 Å². The molecule has 4 aromatic carbocycles. The Morgan fingerprint density at radius 2 is 1.34 bits per heavy atom. The van der Waals surface area contributed by atoms with Crippen molar-refractivity contribution >= 4 is 0 Å². The Balaban J connectivity index is 1.60. The lowest BCUT2D eigenvalue weighted by atomic mass is 10.1. The molecule has 246 valence electrons. The lowest BCUT2D eigenvalue weighted by molar-refractivity contribution is -0.0498. The molecule has 0 aliphatic rings. The SMILES string of the molecule is CCCCn1c(-c2ccccc2)nc(-c2cccc(OCC)c2)c1CN(Cc1ccc(OC(F)F)cc1)Cc1cccc(OCC)c1. The predicted octanol–water partition coefficient (Wildman–Crippen LogP) is 9.62. The van der Waals surface area contributed by atoms with E-state index in [1.807, 2.05) is 68.4 Å². The number of unbranched alkanes of at least 4 members (excludes halogenated alkanes) is 1. The fourth-order valence-corrected chi connectivity index (χ4v) is 5.71. The van der Waals surface area contributed by atoms with Gasteiger partial charge in [0.2, 0.25) is 0 Å². The zero-order valence-electron chi connectivity index (χ0n) is 27.4. The molecule has 5 rings (SSSR count). The van der Waals surface area contributed by atoms with Gasteiger partial charge in [-0.25, -0.2) is 4.98 Å². The quantitative estimate of drug-likeness (QED) is 0.101. The monoisotopic (exact) mass is 639 g/mol. The van der Waals surface area contributed by atoms with E-state index in [9.17, 15) is 8.78 Å². The Hall–Kier alpha value is -4.69. The summed E-state index contributed by atoms with van der Waals surface area (Å²) < 4.78 is 44.4. The van der Waals surface area contributed by atoms with E-state index < -0.39 is 6.61 Å². The van der Waals surface area contributed by atoms with Crippen LogP contribution in [-0.4, -0.2) is 34.3 Å². The van der Waals surface area contributed by atoms with Crippen molar-refractivity contribution in [3.63, 3.8) is 0 Å². The average molecular weight is 640 g/mol. The number of ether oxygens (including phenoxy) is 3. The number of nitrogens with zero attached hydrogens (tertiary/aromatic N) is 3. The number of halogens is 2. The Morgan fingerprint density at radius 1 is 0.681 bits per heavy atom. The van der Waals surface area contributed by atoms with E-state index in [1.54, 1.807) is 12.1 Å². The van der Waals surface area contributed by atoms with E-state index in [4.69, 9.17) is 14.5 Å². The summed E-state index contributed by atoms with van der Waals surface area (Å²) in [7, 11) is 0. The van der Waals surface area contributed by atoms with Crippen molar-refractivity contribution in [3.8, 4) is 39.9 Å². The largest absolute Gasteiger partial charge is 0.494 e. The van der Waals surface area contributed by atoms with E-state index in [-0.39, 0.29) is 5.75 Å². The topological polar surface area (TPSA) is 48.8 Å². The minimum absolute atomic E-state index is 0.140. The van der Waals surface area contributed by atoms with Crippen LogP contribution in [0.1, 0.15) is 50.4 Å². The van der Waals surface area contributed by atoms with Gasteiger partial charge < -0.3 is 18.8 Å². The molecule has 47 heavy (non-hydrogen) atoms. The molecular weight excluding hydrogens is 596 g/mol. The molecule has 1 aromatic heterocycles. The maximum atomic E-state index is 12.8. The van der Waals surface area contributed by atoms with Crippen LogP contribution in [0, 0.1) is 0 Å². The first-order valence-corrected chi connectivity index (χ1v) is 16.3. The van der Waals surface area contributed by atoms with Crippen molar-refractivity contribution < 1.29 is 23.0 Å². The van der Waals surface area contributed by atoms with Gasteiger partial charge in [-0.05, 0) is 67.8 Å². The van der Waals surface area contributed by atoms with Gasteiger partial charge in [-0.15, -0.1) is 0 Å². The highest BCUT2D eigenvalue weighted by atomic mass is 19.3. The van der Waals surface area contributed by atoms with Crippen molar-refractivity contribution in [2.24, 2.45) is 0 Å². The summed E-state index contributed by atoms with van der Waals surface area (Å²) in [4.78, 5) is 7.68. The molecule has 0 spiro atoms. The summed E-state index contributed by atoms with van der Waals surface area (Å²) in [6.07, 6.45) is 2.05. The Kier molecular flexibility index (Phi) is 12.0. The van der Waals surface area contributed by atoms with Crippen LogP contribution in [-0.2, 0) is 26.2 Å². The van der Waals surface area contributed by atoms with Gasteiger partial charge in [0, 0.05) is 37.3 Å². The lowest BCUT2D eigenvalue weighted by Gasteiger charge is -2.25. The molecule has 1 heterocycles. The molecular formula is C39H43F2N3O3. The molecule has 0 aliphatic heterocycles. The molecule has 0 amide bonds. The van der Waals surface area contributed by atoms with Gasteiger partial charge in [-0.2, -0.15) is 8.78 Å². The van der Waals surface area contributed by atoms with Gasteiger partial charge in [0.15, 0.2) is 0 Å². The van der Waals surface area contributed by atoms with Crippen LogP contribution in [0.4, 0.5) is 8.78 Å². The minimum Gasteiger partial charge on any atom is -0.494 e. The fraction of sp³-hybridized carbons (Fsp3) is 0.308. The van der Waals surface area contributed by atoms with Crippen molar-refractivity contribution in [2.45, 2.75) is 66.4 Å². The van der Waals surface area contributed by atoms with Crippen LogP contribution < -0.4 is 14.2 Å². The molecule has 0 N–H and O–H groups in total. The smallest absolute Gasteiger partial charge is 0.387 e. The van der Waals surface area contributed by atoms with Crippen LogP contribution in [0.25, 0.3) is 22.6 Å². The standard InChI is InChI=1S/C39H43F2N3O3/c1-4-7-23-44-36(37(32-16-12-18-35(25-32)46-6-3)42-38(44)31-14-9-8-10-15-31)28-43(27-30-13-11-17-34(24-30)45-5-2)26-29-19-21-33(22-20-29)47-39(40)41/h8-22,24-25,39H,4-7,23,26-28H2,1-3H3. The van der Waals surface area contributed by atoms with Crippen molar-refractivity contribution in [3.05, 3.63) is 120 Å². The number of hydrogen-bond donors (Lipinski definition) is 0. The maximum absolute atomic E-state index is 12.8. The number of imidazole rings is 1. The molecule has 0 saturated carbocycles. The molecule has 0 bridgehead atoms. The second kappa shape index (κ2) is 16.7. The summed E-state index contributed by atoms with van der Waals surface area (Å²) in [6.45, 7) is 7.07. The van der Waals surface area contributed by atoms with Gasteiger partial charge in [-0.1, -0.05) is 80.1 Å². The van der Waals surface area contributed by atoms with E-state index in [0.29, 0.717) is 32.8 Å². The number of aromatic nitrogens is 2. The average Bonchev–Trinajstić information content (AvgIpc) is 3.43. The van der Waals surface area contributed by atoms with Crippen LogP contribution in [0.15, 0.2) is 103 Å². The Bertz CT molecular complexity index is 1690. The van der Waals surface area contributed by atoms with Crippen molar-refractivity contribution in [1.29, 1.82) is 0 Å². The van der Waals surface area contributed by atoms with Gasteiger partial charge in [-0.3, -0.25) is 4.90 Å². The van der Waals surface area contributed by atoms with E-state index in [0.717, 1.165) is 70.4 Å². The van der Waals surface area contributed by atoms with Crippen LogP contribution in [0.2, 0.25) is 0 Å². The molecule has 5 aromatic rings. The van der Waals surface area contributed by atoms with Gasteiger partial charge in [0.05, 0.1) is 24.6 Å². The zero-order chi connectivity index (χ0) is 33.0. The van der Waals surface area contributed by atoms with Crippen LogP contribution in [0.5, 0.6) is 17.2 Å². The molecule has 0 aliphatic carbocycles. The lowest BCUT2D eigenvalue weighted by Crippen LogP contribution is -2.24. The molecule has 0 unspecified atom stereocenters. The molecule has 8 heteroatoms. The maximum Gasteiger partial charge on any atom is 0.387 e. The first-order valence-electron chi connectivity index (χ1n) is 16.3. The Morgan fingerprint density at radius 3 is 2.02 bits per heavy atom. The molecule has 0 radical (unpaired) electrons. The minimum atomic E-state index is -2.86. The van der Waals surface area contributed by atoms with Gasteiger partial charge in [0.1, 0.15) is 23.1 Å². The Labute approximate surface area is 276 Å². The third kappa shape index (κ3) is 9.20. The summed E-state index contributed by atoms with van der Waals surface area (Å²) >= 11 is 0. The van der Waals surface area contributed by atoms with E-state index in [2.05, 4.69) is 57.5 Å². The molecule has 0 fully saturated rings. The third-order valence-corrected chi connectivity index (χ3v) is 7.80. The summed E-state index contributed by atoms with van der Waals surface area (Å²) in [5, 5.41) is 0. The summed E-state index contributed by atoms with van der Waals surface area (Å²) in [5.41, 5.74) is 6.15. The first-order chi connectivity index (χ1) is 23.0. The molecule has 6 nitrogen and oxygen atoms in total. The highest BCUT2D eigenvalue weighted by molar-refractivity contribution is 5.69. The molecule has 0 atom stereocenters. The highest BCUT2D eigenvalue weighted by Gasteiger charge is 2.23. The third-order valence-electron chi connectivity index (χ3n) is 7.80. The second-order valence-electron chi connectivity index (χ2n) is 11.3. The van der Waals surface area contributed by atoms with Gasteiger partial charge >= 0.3 is 6.61 Å². The summed E-state index contributed by atoms with van der Waals surface area (Å²) in [5.74, 6) is 2.70. The zero-order valence-corrected chi connectivity index (χ0v) is 27.4. The van der Waals surface area contributed by atoms with Crippen LogP contribution in [0.3, 0.4) is 0 Å². The first kappa shape index (κ1) is 33.7. The van der Waals surface area contributed by atoms with E-state index in [1.165, 1.54) is 0 Å². The number of rotatable bonds is 17.